The third-order valence-corrected chi connectivity index (χ3v) is 13.4. The maximum atomic E-state index is 10.7. The van der Waals surface area contributed by atoms with E-state index in [1.165, 1.54) is 44.9 Å². The first-order valence-corrected chi connectivity index (χ1v) is 15.1. The molecule has 1 aliphatic heterocycles. The molecule has 0 aromatic heterocycles. The summed E-state index contributed by atoms with van der Waals surface area (Å²) in [6.45, 7) is 18.8. The highest BCUT2D eigenvalue weighted by atomic mass is 16.3. The molecule has 0 unspecified atom stereocenters. The Hall–Kier alpha value is -0.380. The van der Waals surface area contributed by atoms with Crippen LogP contribution < -0.4 is 5.32 Å². The van der Waals surface area contributed by atoms with Crippen molar-refractivity contribution in [2.45, 2.75) is 131 Å². The van der Waals surface area contributed by atoms with Crippen LogP contribution in [0.15, 0.2) is 11.6 Å². The molecular formula is C32H55NO2. The second kappa shape index (κ2) is 8.84. The van der Waals surface area contributed by atoms with Crippen molar-refractivity contribution in [1.29, 1.82) is 0 Å². The Labute approximate surface area is 215 Å². The van der Waals surface area contributed by atoms with Crippen molar-refractivity contribution in [2.24, 2.45) is 51.2 Å². The minimum atomic E-state index is -0.190. The molecule has 5 aliphatic rings. The summed E-state index contributed by atoms with van der Waals surface area (Å²) in [5, 5.41) is 24.8. The van der Waals surface area contributed by atoms with Gasteiger partial charge in [-0.25, -0.2) is 0 Å². The first kappa shape index (κ1) is 26.2. The summed E-state index contributed by atoms with van der Waals surface area (Å²) >= 11 is 0. The Bertz CT molecular complexity index is 835. The number of rotatable bonds is 4. The summed E-state index contributed by atoms with van der Waals surface area (Å²) in [5.41, 5.74) is 2.97. The van der Waals surface area contributed by atoms with Gasteiger partial charge < -0.3 is 15.5 Å². The Balaban J connectivity index is 1.32. The Morgan fingerprint density at radius 3 is 2.51 bits per heavy atom. The van der Waals surface area contributed by atoms with Gasteiger partial charge in [0, 0.05) is 6.04 Å². The number of piperidine rings is 1. The highest BCUT2D eigenvalue weighted by Gasteiger charge is 2.69. The van der Waals surface area contributed by atoms with Crippen LogP contribution in [0.5, 0.6) is 0 Å². The van der Waals surface area contributed by atoms with Crippen molar-refractivity contribution >= 4 is 0 Å². The van der Waals surface area contributed by atoms with Gasteiger partial charge in [-0.15, -0.1) is 0 Å². The van der Waals surface area contributed by atoms with Crippen LogP contribution in [0, 0.1) is 51.2 Å². The Morgan fingerprint density at radius 2 is 1.80 bits per heavy atom. The molecule has 3 heteroatoms. The zero-order chi connectivity index (χ0) is 25.4. The molecule has 4 fully saturated rings. The minimum Gasteiger partial charge on any atom is -0.393 e. The van der Waals surface area contributed by atoms with E-state index in [2.05, 4.69) is 59.9 Å². The second-order valence-corrected chi connectivity index (χ2v) is 15.4. The number of allylic oxidation sites excluding steroid dienone is 1. The average Bonchev–Trinajstić information content (AvgIpc) is 3.03. The van der Waals surface area contributed by atoms with E-state index in [0.717, 1.165) is 43.6 Å². The van der Waals surface area contributed by atoms with Crippen molar-refractivity contribution in [3.63, 3.8) is 0 Å². The molecule has 0 spiro atoms. The quantitative estimate of drug-likeness (QED) is 0.387. The van der Waals surface area contributed by atoms with E-state index in [1.54, 1.807) is 5.57 Å². The van der Waals surface area contributed by atoms with Gasteiger partial charge in [-0.1, -0.05) is 60.1 Å². The number of aliphatic hydroxyl groups excluding tert-OH is 2. The van der Waals surface area contributed by atoms with Gasteiger partial charge in [0.15, 0.2) is 0 Å². The SMILES string of the molecule is C[C@@H]1CN[C@@H]([C@@H](C)CC[C@H]2CC[C@H]3[C@]4(C)CC=C5C[C@@H](O)CC[C@]5(C)[C@H]4C[C@@]3(C)C2(C)C)[C@H](O)C1. The molecular weight excluding hydrogens is 430 g/mol. The van der Waals surface area contributed by atoms with E-state index in [9.17, 15) is 10.2 Å². The molecule has 11 atom stereocenters. The standard InChI is InChI=1S/C32H55NO2/c1-20-16-25(35)28(33-19-20)21(2)8-9-22-10-11-26-31(6)14-12-23-17-24(34)13-15-30(23,5)27(31)18-32(26,7)29(22,3)4/h12,20-22,24-28,33-35H,8-11,13-19H2,1-7H3/t20-,21-,22-,24-,25+,26-,27+,28-,30-,31-,32+/m0/s1. The highest BCUT2D eigenvalue weighted by molar-refractivity contribution is 5.30. The Morgan fingerprint density at radius 1 is 1.06 bits per heavy atom. The zero-order valence-corrected chi connectivity index (χ0v) is 23.9. The predicted molar refractivity (Wildman–Crippen MR) is 145 cm³/mol. The smallest absolute Gasteiger partial charge is 0.0698 e. The minimum absolute atomic E-state index is 0.124. The van der Waals surface area contributed by atoms with Crippen molar-refractivity contribution < 1.29 is 10.2 Å². The summed E-state index contributed by atoms with van der Waals surface area (Å²) in [6.07, 6.45) is 14.1. The van der Waals surface area contributed by atoms with Crippen LogP contribution in [0.2, 0.25) is 0 Å². The molecule has 0 amide bonds. The summed E-state index contributed by atoms with van der Waals surface area (Å²) in [4.78, 5) is 0. The number of hydrogen-bond donors (Lipinski definition) is 3. The number of hydrogen-bond acceptors (Lipinski definition) is 3. The van der Waals surface area contributed by atoms with Gasteiger partial charge in [-0.05, 0) is 122 Å². The van der Waals surface area contributed by atoms with Crippen molar-refractivity contribution in [3.8, 4) is 0 Å². The number of aliphatic hydroxyl groups is 2. The first-order chi connectivity index (χ1) is 16.3. The van der Waals surface area contributed by atoms with Crippen LogP contribution in [0.4, 0.5) is 0 Å². The maximum absolute atomic E-state index is 10.7. The van der Waals surface area contributed by atoms with Gasteiger partial charge in [0.1, 0.15) is 0 Å². The van der Waals surface area contributed by atoms with Crippen LogP contribution >= 0.6 is 0 Å². The molecule has 3 nitrogen and oxygen atoms in total. The van der Waals surface area contributed by atoms with Crippen molar-refractivity contribution in [2.75, 3.05) is 6.54 Å². The third-order valence-electron chi connectivity index (χ3n) is 13.4. The second-order valence-electron chi connectivity index (χ2n) is 15.4. The van der Waals surface area contributed by atoms with E-state index in [4.69, 9.17) is 0 Å². The maximum Gasteiger partial charge on any atom is 0.0698 e. The van der Waals surface area contributed by atoms with E-state index in [-0.39, 0.29) is 23.7 Å². The molecule has 1 heterocycles. The topological polar surface area (TPSA) is 52.5 Å². The van der Waals surface area contributed by atoms with Gasteiger partial charge in [-0.2, -0.15) is 0 Å². The molecule has 4 aliphatic carbocycles. The fourth-order valence-corrected chi connectivity index (χ4v) is 10.7. The largest absolute Gasteiger partial charge is 0.393 e. The molecule has 35 heavy (non-hydrogen) atoms. The molecule has 0 radical (unpaired) electrons. The monoisotopic (exact) mass is 485 g/mol. The lowest BCUT2D eigenvalue weighted by atomic mass is 9.47. The summed E-state index contributed by atoms with van der Waals surface area (Å²) < 4.78 is 0. The Kier molecular flexibility index (Phi) is 6.63. The molecule has 0 aromatic carbocycles. The van der Waals surface area contributed by atoms with Gasteiger partial charge in [0.2, 0.25) is 0 Å². The predicted octanol–water partition coefficient (Wildman–Crippen LogP) is 6.73. The molecule has 0 bridgehead atoms. The van der Waals surface area contributed by atoms with E-state index < -0.39 is 0 Å². The molecule has 1 saturated heterocycles. The van der Waals surface area contributed by atoms with E-state index in [1.807, 2.05) is 0 Å². The zero-order valence-electron chi connectivity index (χ0n) is 23.9. The van der Waals surface area contributed by atoms with Gasteiger partial charge >= 0.3 is 0 Å². The fourth-order valence-electron chi connectivity index (χ4n) is 10.7. The first-order valence-electron chi connectivity index (χ1n) is 15.1. The van der Waals surface area contributed by atoms with Crippen LogP contribution in [-0.4, -0.2) is 35.0 Å². The van der Waals surface area contributed by atoms with Gasteiger partial charge in [0.25, 0.3) is 0 Å². The lowest BCUT2D eigenvalue weighted by molar-refractivity contribution is -0.0847. The normalized spacial score (nSPS) is 52.1. The molecule has 3 saturated carbocycles. The highest BCUT2D eigenvalue weighted by Crippen LogP contribution is 2.76. The number of nitrogens with one attached hydrogen (secondary N) is 1. The van der Waals surface area contributed by atoms with E-state index in [0.29, 0.717) is 28.1 Å². The fraction of sp³-hybridized carbons (Fsp3) is 0.938. The van der Waals surface area contributed by atoms with Gasteiger partial charge in [0.05, 0.1) is 12.2 Å². The average molecular weight is 486 g/mol. The van der Waals surface area contributed by atoms with Crippen LogP contribution in [0.3, 0.4) is 0 Å². The molecule has 0 aromatic rings. The third kappa shape index (κ3) is 3.92. The molecule has 5 rings (SSSR count). The van der Waals surface area contributed by atoms with Crippen LogP contribution in [0.25, 0.3) is 0 Å². The lowest BCUT2D eigenvalue weighted by Gasteiger charge is -2.58. The van der Waals surface area contributed by atoms with Crippen molar-refractivity contribution in [3.05, 3.63) is 11.6 Å². The summed E-state index contributed by atoms with van der Waals surface area (Å²) in [6, 6.07) is 0.264. The van der Waals surface area contributed by atoms with Crippen LogP contribution in [-0.2, 0) is 0 Å². The van der Waals surface area contributed by atoms with Crippen molar-refractivity contribution in [1.82, 2.24) is 5.32 Å². The van der Waals surface area contributed by atoms with Gasteiger partial charge in [-0.3, -0.25) is 0 Å². The van der Waals surface area contributed by atoms with Crippen LogP contribution in [0.1, 0.15) is 113 Å². The molecule has 3 N–H and O–H groups in total. The van der Waals surface area contributed by atoms with E-state index >= 15 is 0 Å². The lowest BCUT2D eigenvalue weighted by Crippen LogP contribution is -2.52. The summed E-state index contributed by atoms with van der Waals surface area (Å²) in [5.74, 6) is 3.43. The molecule has 200 valence electrons. The summed E-state index contributed by atoms with van der Waals surface area (Å²) in [7, 11) is 0. The number of fused-ring (bicyclic) bond motifs is 5.